The normalized spacial score (nSPS) is 16.4. The van der Waals surface area contributed by atoms with Crippen LogP contribution in [0, 0.1) is 6.92 Å². The molecule has 0 aromatic heterocycles. The Morgan fingerprint density at radius 2 is 1.94 bits per heavy atom. The highest BCUT2D eigenvalue weighted by Crippen LogP contribution is 2.55. The quantitative estimate of drug-likeness (QED) is 0.870. The van der Waals surface area contributed by atoms with Gasteiger partial charge in [-0.3, -0.25) is 4.79 Å². The fourth-order valence-corrected chi connectivity index (χ4v) is 2.25. The number of carbonyl (C=O) groups is 1. The first-order chi connectivity index (χ1) is 8.06. The molecule has 0 radical (unpaired) electrons. The smallest absolute Gasteiger partial charge is 0.314 e. The number of benzene rings is 1. The zero-order chi connectivity index (χ0) is 12.6. The molecule has 0 saturated heterocycles. The third-order valence-electron chi connectivity index (χ3n) is 3.38. The fourth-order valence-electron chi connectivity index (χ4n) is 2.25. The molecule has 0 amide bonds. The molecule has 4 heteroatoms. The summed E-state index contributed by atoms with van der Waals surface area (Å²) in [5.41, 5.74) is 0.786. The van der Waals surface area contributed by atoms with Crippen LogP contribution in [0.1, 0.15) is 24.0 Å². The monoisotopic (exact) mass is 236 g/mol. The molecule has 4 nitrogen and oxygen atoms in total. The van der Waals surface area contributed by atoms with E-state index in [2.05, 4.69) is 0 Å². The maximum Gasteiger partial charge on any atom is 0.314 e. The molecule has 1 fully saturated rings. The van der Waals surface area contributed by atoms with E-state index in [-0.39, 0.29) is 0 Å². The average molecular weight is 236 g/mol. The van der Waals surface area contributed by atoms with Gasteiger partial charge in [0.25, 0.3) is 0 Å². The molecule has 0 atom stereocenters. The molecule has 0 aliphatic heterocycles. The lowest BCUT2D eigenvalue weighted by Gasteiger charge is -2.19. The minimum Gasteiger partial charge on any atom is -0.496 e. The van der Waals surface area contributed by atoms with E-state index in [0.717, 1.165) is 5.56 Å². The average Bonchev–Trinajstić information content (AvgIpc) is 3.09. The molecule has 2 rings (SSSR count). The summed E-state index contributed by atoms with van der Waals surface area (Å²) < 4.78 is 10.6. The second-order valence-electron chi connectivity index (χ2n) is 4.38. The van der Waals surface area contributed by atoms with Crippen molar-refractivity contribution < 1.29 is 19.4 Å². The summed E-state index contributed by atoms with van der Waals surface area (Å²) in [5, 5.41) is 9.38. The van der Waals surface area contributed by atoms with Crippen LogP contribution < -0.4 is 9.47 Å². The van der Waals surface area contributed by atoms with Crippen molar-refractivity contribution in [1.82, 2.24) is 0 Å². The third-order valence-corrected chi connectivity index (χ3v) is 3.38. The molecule has 1 aromatic rings. The zero-order valence-corrected chi connectivity index (χ0v) is 10.2. The van der Waals surface area contributed by atoms with Crippen LogP contribution in [0.5, 0.6) is 11.5 Å². The maximum atomic E-state index is 11.4. The summed E-state index contributed by atoms with van der Waals surface area (Å²) in [7, 11) is 3.11. The van der Waals surface area contributed by atoms with Gasteiger partial charge in [0.2, 0.25) is 0 Å². The molecule has 1 aliphatic carbocycles. The molecule has 17 heavy (non-hydrogen) atoms. The van der Waals surface area contributed by atoms with E-state index < -0.39 is 11.4 Å². The molecule has 1 aromatic carbocycles. The van der Waals surface area contributed by atoms with Gasteiger partial charge < -0.3 is 14.6 Å². The molecular weight excluding hydrogens is 220 g/mol. The number of hydrogen-bond acceptors (Lipinski definition) is 3. The van der Waals surface area contributed by atoms with Crippen molar-refractivity contribution in [3.63, 3.8) is 0 Å². The molecule has 1 saturated carbocycles. The van der Waals surface area contributed by atoms with Gasteiger partial charge in [0.1, 0.15) is 16.9 Å². The number of aliphatic carboxylic acids is 1. The topological polar surface area (TPSA) is 55.8 Å². The van der Waals surface area contributed by atoms with E-state index in [1.807, 2.05) is 13.0 Å². The van der Waals surface area contributed by atoms with Crippen molar-refractivity contribution in [3.8, 4) is 11.5 Å². The number of aryl methyl sites for hydroxylation is 1. The first-order valence-electron chi connectivity index (χ1n) is 5.52. The summed E-state index contributed by atoms with van der Waals surface area (Å²) in [6.45, 7) is 1.90. The first kappa shape index (κ1) is 11.8. The van der Waals surface area contributed by atoms with Crippen LogP contribution in [-0.4, -0.2) is 25.3 Å². The Hall–Kier alpha value is -1.71. The fraction of sp³-hybridized carbons (Fsp3) is 0.462. The van der Waals surface area contributed by atoms with Crippen LogP contribution in [0.3, 0.4) is 0 Å². The lowest BCUT2D eigenvalue weighted by molar-refractivity contribution is -0.140. The highest BCUT2D eigenvalue weighted by molar-refractivity contribution is 5.87. The van der Waals surface area contributed by atoms with Gasteiger partial charge in [-0.1, -0.05) is 6.07 Å². The van der Waals surface area contributed by atoms with Gasteiger partial charge in [0.15, 0.2) is 0 Å². The number of ether oxygens (including phenoxy) is 2. The van der Waals surface area contributed by atoms with E-state index in [9.17, 15) is 9.90 Å². The number of carboxylic acid groups (broad SMARTS) is 1. The molecule has 0 spiro atoms. The molecule has 92 valence electrons. The minimum atomic E-state index is -0.817. The van der Waals surface area contributed by atoms with E-state index in [1.165, 1.54) is 0 Å². The second-order valence-corrected chi connectivity index (χ2v) is 4.38. The van der Waals surface area contributed by atoms with Gasteiger partial charge >= 0.3 is 5.97 Å². The Bertz CT molecular complexity index is 461. The summed E-state index contributed by atoms with van der Waals surface area (Å²) in [5.74, 6) is 0.413. The van der Waals surface area contributed by atoms with E-state index in [4.69, 9.17) is 9.47 Å². The van der Waals surface area contributed by atoms with Crippen molar-refractivity contribution in [3.05, 3.63) is 23.3 Å². The standard InChI is InChI=1S/C13H16O4/c1-8-4-5-9(16-2)10(11(8)17-3)13(6-7-13)12(14)15/h4-5H,6-7H2,1-3H3,(H,14,15). The van der Waals surface area contributed by atoms with Crippen molar-refractivity contribution in [2.24, 2.45) is 0 Å². The molecule has 0 heterocycles. The number of hydrogen-bond donors (Lipinski definition) is 1. The molecule has 1 aliphatic rings. The summed E-state index contributed by atoms with van der Waals surface area (Å²) in [6, 6.07) is 3.68. The molecule has 0 bridgehead atoms. The Morgan fingerprint density at radius 3 is 2.35 bits per heavy atom. The second kappa shape index (κ2) is 3.95. The van der Waals surface area contributed by atoms with Gasteiger partial charge in [0.05, 0.1) is 19.8 Å². The van der Waals surface area contributed by atoms with Gasteiger partial charge in [-0.2, -0.15) is 0 Å². The summed E-state index contributed by atoms with van der Waals surface area (Å²) in [6.07, 6.45) is 1.27. The Kier molecular flexibility index (Phi) is 2.73. The van der Waals surface area contributed by atoms with E-state index in [0.29, 0.717) is 29.9 Å². The Balaban J connectivity index is 2.65. The highest BCUT2D eigenvalue weighted by atomic mass is 16.5. The van der Waals surface area contributed by atoms with Crippen LogP contribution in [0.15, 0.2) is 12.1 Å². The Labute approximate surface area is 100 Å². The van der Waals surface area contributed by atoms with E-state index >= 15 is 0 Å². The minimum absolute atomic E-state index is 0.590. The summed E-state index contributed by atoms with van der Waals surface area (Å²) >= 11 is 0. The first-order valence-corrected chi connectivity index (χ1v) is 5.52. The van der Waals surface area contributed by atoms with Gasteiger partial charge in [-0.05, 0) is 31.4 Å². The van der Waals surface area contributed by atoms with Crippen LogP contribution >= 0.6 is 0 Å². The zero-order valence-electron chi connectivity index (χ0n) is 10.2. The lowest BCUT2D eigenvalue weighted by atomic mass is 9.92. The highest BCUT2D eigenvalue weighted by Gasteiger charge is 2.55. The third kappa shape index (κ3) is 1.64. The summed E-state index contributed by atoms with van der Waals surface area (Å²) in [4.78, 5) is 11.4. The molecule has 0 unspecified atom stereocenters. The number of carboxylic acids is 1. The predicted molar refractivity (Wildman–Crippen MR) is 62.8 cm³/mol. The van der Waals surface area contributed by atoms with E-state index in [1.54, 1.807) is 20.3 Å². The predicted octanol–water partition coefficient (Wildman–Crippen LogP) is 2.13. The van der Waals surface area contributed by atoms with Crippen LogP contribution in [0.25, 0.3) is 0 Å². The number of methoxy groups -OCH3 is 2. The van der Waals surface area contributed by atoms with Crippen molar-refractivity contribution in [2.45, 2.75) is 25.2 Å². The van der Waals surface area contributed by atoms with Crippen molar-refractivity contribution in [1.29, 1.82) is 0 Å². The van der Waals surface area contributed by atoms with Gasteiger partial charge in [0, 0.05) is 0 Å². The molecule has 1 N–H and O–H groups in total. The van der Waals surface area contributed by atoms with Gasteiger partial charge in [-0.25, -0.2) is 0 Å². The van der Waals surface area contributed by atoms with Gasteiger partial charge in [-0.15, -0.1) is 0 Å². The van der Waals surface area contributed by atoms with Crippen molar-refractivity contribution >= 4 is 5.97 Å². The molecular formula is C13H16O4. The van der Waals surface area contributed by atoms with Crippen LogP contribution in [0.2, 0.25) is 0 Å². The van der Waals surface area contributed by atoms with Crippen LogP contribution in [-0.2, 0) is 10.2 Å². The maximum absolute atomic E-state index is 11.4. The SMILES string of the molecule is COc1ccc(C)c(OC)c1C1(C(=O)O)CC1. The van der Waals surface area contributed by atoms with Crippen molar-refractivity contribution in [2.75, 3.05) is 14.2 Å². The lowest BCUT2D eigenvalue weighted by Crippen LogP contribution is -2.21. The number of rotatable bonds is 4. The van der Waals surface area contributed by atoms with Crippen LogP contribution in [0.4, 0.5) is 0 Å². The largest absolute Gasteiger partial charge is 0.496 e. The Morgan fingerprint density at radius 1 is 1.29 bits per heavy atom.